The Bertz CT molecular complexity index is 808. The van der Waals surface area contributed by atoms with E-state index in [-0.39, 0.29) is 0 Å². The van der Waals surface area contributed by atoms with Crippen LogP contribution in [0.1, 0.15) is 12.5 Å². The zero-order valence-electron chi connectivity index (χ0n) is 15.1. The number of fused-ring (bicyclic) bond motifs is 1. The number of hydrogen-bond donors (Lipinski definition) is 1. The van der Waals surface area contributed by atoms with Crippen molar-refractivity contribution in [3.63, 3.8) is 0 Å². The van der Waals surface area contributed by atoms with Crippen LogP contribution in [0.2, 0.25) is 0 Å². The molecule has 1 aliphatic rings. The predicted octanol–water partition coefficient (Wildman–Crippen LogP) is 3.10. The van der Waals surface area contributed by atoms with Gasteiger partial charge in [-0.2, -0.15) is 5.26 Å². The highest BCUT2D eigenvalue weighted by Crippen LogP contribution is 2.41. The normalized spacial score (nSPS) is 31.7. The summed E-state index contributed by atoms with van der Waals surface area (Å²) in [6.45, 7) is 2.10. The van der Waals surface area contributed by atoms with Crippen molar-refractivity contribution in [3.8, 4) is 6.07 Å². The zero-order valence-corrected chi connectivity index (χ0v) is 15.9. The first-order chi connectivity index (χ1) is 12.6. The standard InChI is InChI=1S/C20H23NO4S/c1-13-20(12-21,26-3)18(17(22)19(23-2)25-13)24-11-14-8-9-15-6-4-5-7-16(15)10-14/h4-10,13,17-19,22H,11H2,1-3H3/t13-,17-,18-,19+,20+/m1/s1. The average molecular weight is 373 g/mol. The Balaban J connectivity index is 1.84. The van der Waals surface area contributed by atoms with Gasteiger partial charge in [-0.15, -0.1) is 11.8 Å². The van der Waals surface area contributed by atoms with Crippen molar-refractivity contribution in [2.24, 2.45) is 0 Å². The van der Waals surface area contributed by atoms with Crippen molar-refractivity contribution in [2.45, 2.75) is 42.9 Å². The van der Waals surface area contributed by atoms with Gasteiger partial charge in [-0.1, -0.05) is 36.4 Å². The van der Waals surface area contributed by atoms with E-state index in [2.05, 4.69) is 18.2 Å². The molecule has 0 unspecified atom stereocenters. The minimum absolute atomic E-state index is 0.291. The lowest BCUT2D eigenvalue weighted by Crippen LogP contribution is -2.63. The van der Waals surface area contributed by atoms with E-state index >= 15 is 0 Å². The molecule has 5 atom stereocenters. The summed E-state index contributed by atoms with van der Waals surface area (Å²) in [7, 11) is 1.47. The van der Waals surface area contributed by atoms with E-state index in [1.165, 1.54) is 18.9 Å². The first-order valence-electron chi connectivity index (χ1n) is 8.47. The van der Waals surface area contributed by atoms with Crippen molar-refractivity contribution in [1.82, 2.24) is 0 Å². The summed E-state index contributed by atoms with van der Waals surface area (Å²) >= 11 is 1.34. The van der Waals surface area contributed by atoms with Gasteiger partial charge in [-0.25, -0.2) is 0 Å². The summed E-state index contributed by atoms with van der Waals surface area (Å²) in [5.41, 5.74) is 0.983. The first-order valence-corrected chi connectivity index (χ1v) is 9.70. The number of benzene rings is 2. The lowest BCUT2D eigenvalue weighted by molar-refractivity contribution is -0.268. The van der Waals surface area contributed by atoms with Crippen molar-refractivity contribution >= 4 is 22.5 Å². The van der Waals surface area contributed by atoms with E-state index in [4.69, 9.17) is 14.2 Å². The minimum Gasteiger partial charge on any atom is -0.385 e. The fourth-order valence-corrected chi connectivity index (χ4v) is 4.34. The molecule has 1 saturated heterocycles. The number of rotatable bonds is 5. The topological polar surface area (TPSA) is 71.7 Å². The molecule has 0 saturated carbocycles. The van der Waals surface area contributed by atoms with Gasteiger partial charge in [0.25, 0.3) is 0 Å². The van der Waals surface area contributed by atoms with Gasteiger partial charge in [0, 0.05) is 7.11 Å². The third kappa shape index (κ3) is 3.34. The molecule has 3 rings (SSSR count). The van der Waals surface area contributed by atoms with E-state index < -0.39 is 29.3 Å². The molecule has 2 aromatic rings. The second kappa shape index (κ2) is 7.95. The third-order valence-corrected chi connectivity index (χ3v) is 6.27. The number of methoxy groups -OCH3 is 1. The van der Waals surface area contributed by atoms with Gasteiger partial charge < -0.3 is 19.3 Å². The van der Waals surface area contributed by atoms with E-state index in [9.17, 15) is 10.4 Å². The van der Waals surface area contributed by atoms with Crippen molar-refractivity contribution in [2.75, 3.05) is 13.4 Å². The largest absolute Gasteiger partial charge is 0.385 e. The van der Waals surface area contributed by atoms with E-state index in [0.717, 1.165) is 16.3 Å². The molecule has 5 nitrogen and oxygen atoms in total. The number of thioether (sulfide) groups is 1. The Hall–Kier alpha value is -1.62. The van der Waals surface area contributed by atoms with Crippen molar-refractivity contribution in [1.29, 1.82) is 5.26 Å². The Labute approximate surface area is 157 Å². The van der Waals surface area contributed by atoms with Gasteiger partial charge in [0.2, 0.25) is 0 Å². The Morgan fingerprint density at radius 1 is 1.27 bits per heavy atom. The Morgan fingerprint density at radius 3 is 2.65 bits per heavy atom. The number of aliphatic hydroxyl groups excluding tert-OH is 1. The van der Waals surface area contributed by atoms with Gasteiger partial charge in [-0.3, -0.25) is 0 Å². The number of hydrogen-bond acceptors (Lipinski definition) is 6. The molecular formula is C20H23NO4S. The number of aliphatic hydroxyl groups is 1. The molecule has 0 aliphatic carbocycles. The summed E-state index contributed by atoms with van der Waals surface area (Å²) in [5.74, 6) is 0. The van der Waals surface area contributed by atoms with Crippen molar-refractivity contribution in [3.05, 3.63) is 48.0 Å². The Morgan fingerprint density at radius 2 is 2.00 bits per heavy atom. The Kier molecular flexibility index (Phi) is 5.86. The maximum Gasteiger partial charge on any atom is 0.186 e. The highest BCUT2D eigenvalue weighted by atomic mass is 32.2. The summed E-state index contributed by atoms with van der Waals surface area (Å²) in [5, 5.41) is 22.8. The molecule has 0 amide bonds. The lowest BCUT2D eigenvalue weighted by atomic mass is 9.89. The van der Waals surface area contributed by atoms with Crippen LogP contribution in [0.3, 0.4) is 0 Å². The maximum atomic E-state index is 10.7. The highest BCUT2D eigenvalue weighted by Gasteiger charge is 2.56. The second-order valence-corrected chi connectivity index (χ2v) is 7.48. The molecule has 1 fully saturated rings. The molecule has 26 heavy (non-hydrogen) atoms. The van der Waals surface area contributed by atoms with Crippen LogP contribution >= 0.6 is 11.8 Å². The lowest BCUT2D eigenvalue weighted by Gasteiger charge is -2.47. The second-order valence-electron chi connectivity index (χ2n) is 6.40. The monoisotopic (exact) mass is 373 g/mol. The fourth-order valence-electron chi connectivity index (χ4n) is 3.42. The van der Waals surface area contributed by atoms with E-state index in [1.54, 1.807) is 0 Å². The molecular weight excluding hydrogens is 350 g/mol. The summed E-state index contributed by atoms with van der Waals surface area (Å²) in [6.07, 6.45) is -1.22. The highest BCUT2D eigenvalue weighted by molar-refractivity contribution is 8.00. The van der Waals surface area contributed by atoms with Gasteiger partial charge in [0.05, 0.1) is 18.8 Å². The van der Waals surface area contributed by atoms with Crippen LogP contribution in [-0.2, 0) is 20.8 Å². The van der Waals surface area contributed by atoms with Gasteiger partial charge in [0.15, 0.2) is 11.0 Å². The molecule has 1 heterocycles. The SMILES string of the molecule is CO[C@H]1O[C@H](C)[C@](C#N)(SC)[C@H](OCc2ccc3ccccc3c2)[C@H]1O. The molecule has 138 valence electrons. The summed E-state index contributed by atoms with van der Waals surface area (Å²) in [4.78, 5) is 0. The van der Waals surface area contributed by atoms with Gasteiger partial charge in [-0.05, 0) is 35.6 Å². The van der Waals surface area contributed by atoms with Crippen LogP contribution in [0.4, 0.5) is 0 Å². The van der Waals surface area contributed by atoms with Crippen molar-refractivity contribution < 1.29 is 19.3 Å². The number of nitriles is 1. The number of nitrogens with zero attached hydrogens (tertiary/aromatic N) is 1. The third-order valence-electron chi connectivity index (χ3n) is 4.94. The van der Waals surface area contributed by atoms with Gasteiger partial charge in [0.1, 0.15) is 12.2 Å². The molecule has 1 N–H and O–H groups in total. The first kappa shape index (κ1) is 19.2. The predicted molar refractivity (Wildman–Crippen MR) is 102 cm³/mol. The smallest absolute Gasteiger partial charge is 0.186 e. The molecule has 6 heteroatoms. The van der Waals surface area contributed by atoms with Crippen LogP contribution in [0.25, 0.3) is 10.8 Å². The van der Waals surface area contributed by atoms with Crippen LogP contribution in [0.15, 0.2) is 42.5 Å². The van der Waals surface area contributed by atoms with Gasteiger partial charge >= 0.3 is 0 Å². The maximum absolute atomic E-state index is 10.7. The molecule has 0 aromatic heterocycles. The summed E-state index contributed by atoms with van der Waals surface area (Å²) < 4.78 is 16.0. The summed E-state index contributed by atoms with van der Waals surface area (Å²) in [6, 6.07) is 16.5. The average Bonchev–Trinajstić information content (AvgIpc) is 2.68. The molecule has 0 spiro atoms. The van der Waals surface area contributed by atoms with E-state index in [0.29, 0.717) is 6.61 Å². The van der Waals surface area contributed by atoms with Crippen LogP contribution < -0.4 is 0 Å². The number of ether oxygens (including phenoxy) is 3. The van der Waals surface area contributed by atoms with Crippen LogP contribution in [-0.4, -0.2) is 47.8 Å². The van der Waals surface area contributed by atoms with Crippen LogP contribution in [0, 0.1) is 11.3 Å². The molecule has 0 bridgehead atoms. The zero-order chi connectivity index (χ0) is 18.7. The molecule has 1 aliphatic heterocycles. The molecule has 0 radical (unpaired) electrons. The molecule has 2 aromatic carbocycles. The van der Waals surface area contributed by atoms with E-state index in [1.807, 2.05) is 43.5 Å². The van der Waals surface area contributed by atoms with Crippen LogP contribution in [0.5, 0.6) is 0 Å². The fraction of sp³-hybridized carbons (Fsp3) is 0.450. The minimum atomic E-state index is -1.05. The quantitative estimate of drug-likeness (QED) is 0.868.